The Bertz CT molecular complexity index is 792. The van der Waals surface area contributed by atoms with Gasteiger partial charge in [0.15, 0.2) is 0 Å². The Kier molecular flexibility index (Phi) is 5.06. The molecule has 23 heavy (non-hydrogen) atoms. The highest BCUT2D eigenvalue weighted by Gasteiger charge is 2.05. The van der Waals surface area contributed by atoms with E-state index in [4.69, 9.17) is 10.5 Å². The van der Waals surface area contributed by atoms with Crippen LogP contribution in [-0.2, 0) is 0 Å². The topological polar surface area (TPSA) is 101 Å². The van der Waals surface area contributed by atoms with Gasteiger partial charge in [0, 0.05) is 11.3 Å². The number of aryl methyl sites for hydroxylation is 1. The number of hydrogen-bond donors (Lipinski definition) is 2. The van der Waals surface area contributed by atoms with Crippen LogP contribution in [0.1, 0.15) is 15.9 Å². The first kappa shape index (κ1) is 15.7. The number of hydrazone groups is 1. The van der Waals surface area contributed by atoms with Gasteiger partial charge in [0.05, 0.1) is 5.69 Å². The van der Waals surface area contributed by atoms with Gasteiger partial charge in [-0.3, -0.25) is 10.2 Å². The van der Waals surface area contributed by atoms with E-state index >= 15 is 0 Å². The molecule has 0 saturated carbocycles. The van der Waals surface area contributed by atoms with Gasteiger partial charge < -0.3 is 5.32 Å². The zero-order valence-corrected chi connectivity index (χ0v) is 12.4. The average Bonchev–Trinajstić information content (AvgIpc) is 2.58. The number of carbonyl (C=O) groups is 1. The third-order valence-electron chi connectivity index (χ3n) is 2.97. The molecule has 2 rings (SSSR count). The third-order valence-corrected chi connectivity index (χ3v) is 2.97. The normalized spacial score (nSPS) is 9.17. The lowest BCUT2D eigenvalue weighted by Crippen LogP contribution is -2.11. The second-order valence-electron chi connectivity index (χ2n) is 4.69. The number of nitrogens with one attached hydrogen (secondary N) is 2. The second kappa shape index (κ2) is 7.39. The zero-order valence-electron chi connectivity index (χ0n) is 12.4. The van der Waals surface area contributed by atoms with Gasteiger partial charge >= 0.3 is 0 Å². The largest absolute Gasteiger partial charge is 0.322 e. The van der Waals surface area contributed by atoms with Crippen LogP contribution in [0.25, 0.3) is 0 Å². The number of amides is 1. The van der Waals surface area contributed by atoms with Crippen molar-refractivity contribution in [2.24, 2.45) is 5.10 Å². The molecule has 0 bridgehead atoms. The Morgan fingerprint density at radius 3 is 2.09 bits per heavy atom. The minimum absolute atomic E-state index is 0.194. The highest BCUT2D eigenvalue weighted by molar-refractivity contribution is 6.10. The summed E-state index contributed by atoms with van der Waals surface area (Å²) < 4.78 is 0. The summed E-state index contributed by atoms with van der Waals surface area (Å²) >= 11 is 0. The zero-order chi connectivity index (χ0) is 16.7. The van der Waals surface area contributed by atoms with Crippen LogP contribution in [0.15, 0.2) is 53.6 Å². The molecule has 0 aliphatic heterocycles. The highest BCUT2D eigenvalue weighted by atomic mass is 16.1. The lowest BCUT2D eigenvalue weighted by molar-refractivity contribution is 0.102. The van der Waals surface area contributed by atoms with Crippen molar-refractivity contribution in [1.29, 1.82) is 10.5 Å². The molecule has 0 radical (unpaired) electrons. The molecule has 0 heterocycles. The lowest BCUT2D eigenvalue weighted by Gasteiger charge is -2.06. The van der Waals surface area contributed by atoms with Crippen molar-refractivity contribution in [3.05, 3.63) is 59.7 Å². The van der Waals surface area contributed by atoms with E-state index in [0.29, 0.717) is 16.9 Å². The molecule has 0 aromatic heterocycles. The molecule has 0 fully saturated rings. The van der Waals surface area contributed by atoms with Crippen molar-refractivity contribution >= 4 is 23.0 Å². The van der Waals surface area contributed by atoms with Crippen LogP contribution < -0.4 is 10.7 Å². The number of carbonyl (C=O) groups excluding carboxylic acids is 1. The summed E-state index contributed by atoms with van der Waals surface area (Å²) in [7, 11) is 0. The number of anilines is 2. The molecule has 0 saturated heterocycles. The van der Waals surface area contributed by atoms with Crippen molar-refractivity contribution < 1.29 is 4.79 Å². The molecule has 6 heteroatoms. The fourth-order valence-corrected chi connectivity index (χ4v) is 1.73. The maximum absolute atomic E-state index is 12.1. The first-order valence-corrected chi connectivity index (χ1v) is 6.74. The van der Waals surface area contributed by atoms with Crippen LogP contribution in [0.4, 0.5) is 11.4 Å². The molecule has 2 aromatic carbocycles. The second-order valence-corrected chi connectivity index (χ2v) is 4.69. The van der Waals surface area contributed by atoms with Gasteiger partial charge in [0.2, 0.25) is 5.71 Å². The van der Waals surface area contributed by atoms with E-state index in [1.165, 1.54) is 0 Å². The Morgan fingerprint density at radius 2 is 1.52 bits per heavy atom. The lowest BCUT2D eigenvalue weighted by atomic mass is 10.1. The minimum Gasteiger partial charge on any atom is -0.322 e. The number of nitriles is 2. The molecule has 0 aliphatic rings. The fraction of sp³-hybridized carbons (Fsp3) is 0.0588. The summed E-state index contributed by atoms with van der Waals surface area (Å²) in [6.07, 6.45) is 0. The number of hydrogen-bond acceptors (Lipinski definition) is 5. The number of nitrogens with zero attached hydrogens (tertiary/aromatic N) is 3. The quantitative estimate of drug-likeness (QED) is 0.669. The molecule has 112 valence electrons. The molecule has 2 N–H and O–H groups in total. The third kappa shape index (κ3) is 4.42. The van der Waals surface area contributed by atoms with Gasteiger partial charge in [-0.2, -0.15) is 15.6 Å². The Labute approximate surface area is 133 Å². The first-order valence-electron chi connectivity index (χ1n) is 6.74. The van der Waals surface area contributed by atoms with Gasteiger partial charge in [0.25, 0.3) is 5.91 Å². The monoisotopic (exact) mass is 303 g/mol. The maximum Gasteiger partial charge on any atom is 0.255 e. The number of benzene rings is 2. The van der Waals surface area contributed by atoms with E-state index < -0.39 is 0 Å². The molecular formula is C17H13N5O. The summed E-state index contributed by atoms with van der Waals surface area (Å²) in [6.45, 7) is 1.96. The van der Waals surface area contributed by atoms with Gasteiger partial charge in [-0.1, -0.05) is 17.7 Å². The highest BCUT2D eigenvalue weighted by Crippen LogP contribution is 2.15. The average molecular weight is 303 g/mol. The Hall–Kier alpha value is -3.64. The standard InChI is InChI=1S/C17H13N5O/c1-12-2-4-13(5-3-12)17(23)20-14-6-8-15(9-7-14)21-22-16(10-18)11-19/h2-9,21H,1H3,(H,20,23). The van der Waals surface area contributed by atoms with Crippen LogP contribution in [0.3, 0.4) is 0 Å². The van der Waals surface area contributed by atoms with E-state index in [2.05, 4.69) is 15.8 Å². The molecule has 0 spiro atoms. The molecule has 6 nitrogen and oxygen atoms in total. The summed E-state index contributed by atoms with van der Waals surface area (Å²) in [5.41, 5.74) is 5.23. The predicted octanol–water partition coefficient (Wildman–Crippen LogP) is 3.06. The summed E-state index contributed by atoms with van der Waals surface area (Å²) in [5.74, 6) is -0.194. The molecular weight excluding hydrogens is 290 g/mol. The van der Waals surface area contributed by atoms with Crippen LogP contribution in [0.2, 0.25) is 0 Å². The molecule has 2 aromatic rings. The first-order chi connectivity index (χ1) is 11.1. The molecule has 0 aliphatic carbocycles. The smallest absolute Gasteiger partial charge is 0.255 e. The van der Waals surface area contributed by atoms with E-state index in [0.717, 1.165) is 5.56 Å². The van der Waals surface area contributed by atoms with E-state index in [-0.39, 0.29) is 11.6 Å². The van der Waals surface area contributed by atoms with Crippen molar-refractivity contribution in [1.82, 2.24) is 0 Å². The van der Waals surface area contributed by atoms with Crippen LogP contribution in [0.5, 0.6) is 0 Å². The van der Waals surface area contributed by atoms with Crippen molar-refractivity contribution in [2.75, 3.05) is 10.7 Å². The summed E-state index contributed by atoms with van der Waals surface area (Å²) in [5, 5.41) is 23.6. The van der Waals surface area contributed by atoms with Crippen LogP contribution in [-0.4, -0.2) is 11.6 Å². The van der Waals surface area contributed by atoms with Crippen molar-refractivity contribution in [3.8, 4) is 12.1 Å². The Balaban J connectivity index is 2.01. The maximum atomic E-state index is 12.1. The summed E-state index contributed by atoms with van der Waals surface area (Å²) in [6, 6.07) is 17.3. The van der Waals surface area contributed by atoms with E-state index in [1.807, 2.05) is 19.1 Å². The van der Waals surface area contributed by atoms with Crippen LogP contribution >= 0.6 is 0 Å². The molecule has 0 atom stereocenters. The Morgan fingerprint density at radius 1 is 0.957 bits per heavy atom. The SMILES string of the molecule is Cc1ccc(C(=O)Nc2ccc(NN=C(C#N)C#N)cc2)cc1. The minimum atomic E-state index is -0.262. The predicted molar refractivity (Wildman–Crippen MR) is 87.9 cm³/mol. The van der Waals surface area contributed by atoms with Crippen LogP contribution in [0, 0.1) is 29.6 Å². The molecule has 1 amide bonds. The number of rotatable bonds is 4. The summed E-state index contributed by atoms with van der Waals surface area (Å²) in [4.78, 5) is 12.1. The van der Waals surface area contributed by atoms with Gasteiger partial charge in [-0.25, -0.2) is 0 Å². The van der Waals surface area contributed by atoms with Crippen molar-refractivity contribution in [2.45, 2.75) is 6.92 Å². The van der Waals surface area contributed by atoms with E-state index in [1.54, 1.807) is 48.5 Å². The fourth-order valence-electron chi connectivity index (χ4n) is 1.73. The van der Waals surface area contributed by atoms with E-state index in [9.17, 15) is 4.79 Å². The van der Waals surface area contributed by atoms with Gasteiger partial charge in [-0.15, -0.1) is 0 Å². The van der Waals surface area contributed by atoms with Gasteiger partial charge in [0.1, 0.15) is 12.1 Å². The molecule has 0 unspecified atom stereocenters. The van der Waals surface area contributed by atoms with Gasteiger partial charge in [-0.05, 0) is 43.3 Å². The van der Waals surface area contributed by atoms with Crippen molar-refractivity contribution in [3.63, 3.8) is 0 Å².